The van der Waals surface area contributed by atoms with Crippen LogP contribution in [0.3, 0.4) is 0 Å². The first kappa shape index (κ1) is 10.6. The van der Waals surface area contributed by atoms with Gasteiger partial charge in [0, 0.05) is 16.3 Å². The maximum absolute atomic E-state index is 3.59. The van der Waals surface area contributed by atoms with Crippen molar-refractivity contribution in [3.8, 4) is 0 Å². The van der Waals surface area contributed by atoms with Crippen LogP contribution in [0.4, 0.5) is 0 Å². The zero-order valence-corrected chi connectivity index (χ0v) is 10.9. The maximum atomic E-state index is 3.59. The highest BCUT2D eigenvalue weighted by Gasteiger charge is 2.10. The first-order valence-electron chi connectivity index (χ1n) is 6.79. The van der Waals surface area contributed by atoms with E-state index in [0.29, 0.717) is 0 Å². The van der Waals surface area contributed by atoms with Gasteiger partial charge in [0.2, 0.25) is 0 Å². The zero-order chi connectivity index (χ0) is 12.8. The van der Waals surface area contributed by atoms with Gasteiger partial charge in [0.25, 0.3) is 0 Å². The van der Waals surface area contributed by atoms with E-state index in [2.05, 4.69) is 66.5 Å². The molecule has 1 N–H and O–H groups in total. The Morgan fingerprint density at radius 3 is 2.42 bits per heavy atom. The van der Waals surface area contributed by atoms with Crippen molar-refractivity contribution >= 4 is 32.6 Å². The van der Waals surface area contributed by atoms with E-state index in [1.807, 2.05) is 0 Å². The van der Waals surface area contributed by atoms with Gasteiger partial charge in [0.05, 0.1) is 5.52 Å². The SMILES string of the molecule is CCc1c2ccccc2cc2c1[nH]c1ccccc12. The molecule has 4 rings (SSSR count). The van der Waals surface area contributed by atoms with Crippen LogP contribution in [0.5, 0.6) is 0 Å². The molecule has 0 fully saturated rings. The fraction of sp³-hybridized carbons (Fsp3) is 0.111. The molecule has 92 valence electrons. The third-order valence-corrected chi connectivity index (χ3v) is 3.99. The fourth-order valence-electron chi connectivity index (χ4n) is 3.11. The van der Waals surface area contributed by atoms with E-state index in [1.54, 1.807) is 0 Å². The molecule has 0 spiro atoms. The molecule has 0 saturated heterocycles. The molecule has 0 bridgehead atoms. The predicted octanol–water partition coefficient (Wildman–Crippen LogP) is 5.04. The predicted molar refractivity (Wildman–Crippen MR) is 82.7 cm³/mol. The van der Waals surface area contributed by atoms with Gasteiger partial charge >= 0.3 is 0 Å². The highest BCUT2D eigenvalue weighted by molar-refractivity contribution is 6.13. The van der Waals surface area contributed by atoms with Gasteiger partial charge in [-0.15, -0.1) is 0 Å². The van der Waals surface area contributed by atoms with E-state index < -0.39 is 0 Å². The smallest absolute Gasteiger partial charge is 0.0503 e. The quantitative estimate of drug-likeness (QED) is 0.483. The Bertz CT molecular complexity index is 899. The molecule has 0 amide bonds. The van der Waals surface area contributed by atoms with Gasteiger partial charge in [-0.3, -0.25) is 0 Å². The lowest BCUT2D eigenvalue weighted by molar-refractivity contribution is 1.17. The molecule has 1 nitrogen and oxygen atoms in total. The summed E-state index contributed by atoms with van der Waals surface area (Å²) >= 11 is 0. The number of aryl methyl sites for hydroxylation is 1. The number of H-pyrrole nitrogens is 1. The monoisotopic (exact) mass is 245 g/mol. The summed E-state index contributed by atoms with van der Waals surface area (Å²) in [6.45, 7) is 2.23. The summed E-state index contributed by atoms with van der Waals surface area (Å²) in [5, 5.41) is 5.35. The largest absolute Gasteiger partial charge is 0.354 e. The molecule has 0 atom stereocenters. The minimum atomic E-state index is 1.05. The maximum Gasteiger partial charge on any atom is 0.0503 e. The summed E-state index contributed by atoms with van der Waals surface area (Å²) in [4.78, 5) is 3.59. The Labute approximate surface area is 111 Å². The zero-order valence-electron chi connectivity index (χ0n) is 10.9. The highest BCUT2D eigenvalue weighted by atomic mass is 14.7. The molecule has 0 aliphatic heterocycles. The van der Waals surface area contributed by atoms with E-state index in [-0.39, 0.29) is 0 Å². The van der Waals surface area contributed by atoms with Crippen LogP contribution in [-0.2, 0) is 6.42 Å². The van der Waals surface area contributed by atoms with Crippen LogP contribution in [0.25, 0.3) is 32.6 Å². The van der Waals surface area contributed by atoms with Gasteiger partial charge in [0.15, 0.2) is 0 Å². The topological polar surface area (TPSA) is 15.8 Å². The molecule has 0 aliphatic carbocycles. The van der Waals surface area contributed by atoms with Gasteiger partial charge in [-0.2, -0.15) is 0 Å². The third-order valence-electron chi connectivity index (χ3n) is 3.99. The molecule has 0 unspecified atom stereocenters. The Hall–Kier alpha value is -2.28. The van der Waals surface area contributed by atoms with E-state index in [1.165, 1.54) is 38.1 Å². The van der Waals surface area contributed by atoms with Crippen molar-refractivity contribution in [3.63, 3.8) is 0 Å². The minimum Gasteiger partial charge on any atom is -0.354 e. The number of nitrogens with one attached hydrogen (secondary N) is 1. The summed E-state index contributed by atoms with van der Waals surface area (Å²) in [6, 6.07) is 19.5. The molecule has 1 heteroatoms. The molecule has 4 aromatic rings. The van der Waals surface area contributed by atoms with Crippen LogP contribution >= 0.6 is 0 Å². The number of aromatic nitrogens is 1. The molecule has 1 aromatic heterocycles. The van der Waals surface area contributed by atoms with Crippen molar-refractivity contribution in [1.29, 1.82) is 0 Å². The Balaban J connectivity index is 2.31. The third kappa shape index (κ3) is 1.42. The molecule has 3 aromatic carbocycles. The molecular formula is C18H15N. The second kappa shape index (κ2) is 3.86. The Kier molecular flexibility index (Phi) is 2.16. The van der Waals surface area contributed by atoms with E-state index in [0.717, 1.165) is 6.42 Å². The molecule has 19 heavy (non-hydrogen) atoms. The van der Waals surface area contributed by atoms with Gasteiger partial charge in [-0.25, -0.2) is 0 Å². The fourth-order valence-corrected chi connectivity index (χ4v) is 3.11. The second-order valence-electron chi connectivity index (χ2n) is 5.02. The number of hydrogen-bond donors (Lipinski definition) is 1. The van der Waals surface area contributed by atoms with Crippen LogP contribution in [0.2, 0.25) is 0 Å². The number of para-hydroxylation sites is 1. The van der Waals surface area contributed by atoms with Crippen LogP contribution in [-0.4, -0.2) is 4.98 Å². The summed E-state index contributed by atoms with van der Waals surface area (Å²) in [5.74, 6) is 0. The first-order chi connectivity index (χ1) is 9.38. The Morgan fingerprint density at radius 2 is 1.58 bits per heavy atom. The number of benzene rings is 3. The number of rotatable bonds is 1. The lowest BCUT2D eigenvalue weighted by Gasteiger charge is -2.06. The number of hydrogen-bond acceptors (Lipinski definition) is 0. The minimum absolute atomic E-state index is 1.05. The van der Waals surface area contributed by atoms with Crippen LogP contribution < -0.4 is 0 Å². The summed E-state index contributed by atoms with van der Waals surface area (Å²) in [6.07, 6.45) is 1.05. The lowest BCUT2D eigenvalue weighted by atomic mass is 9.98. The van der Waals surface area contributed by atoms with Crippen LogP contribution in [0.15, 0.2) is 54.6 Å². The van der Waals surface area contributed by atoms with E-state index in [9.17, 15) is 0 Å². The van der Waals surface area contributed by atoms with Crippen LogP contribution in [0, 0.1) is 0 Å². The van der Waals surface area contributed by atoms with E-state index >= 15 is 0 Å². The van der Waals surface area contributed by atoms with Crippen molar-refractivity contribution in [2.45, 2.75) is 13.3 Å². The lowest BCUT2D eigenvalue weighted by Crippen LogP contribution is -1.86. The molecule has 1 heterocycles. The average Bonchev–Trinajstić information content (AvgIpc) is 2.83. The van der Waals surface area contributed by atoms with Crippen molar-refractivity contribution < 1.29 is 0 Å². The van der Waals surface area contributed by atoms with Crippen molar-refractivity contribution in [3.05, 3.63) is 60.2 Å². The van der Waals surface area contributed by atoms with Gasteiger partial charge < -0.3 is 4.98 Å². The first-order valence-corrected chi connectivity index (χ1v) is 6.79. The normalized spacial score (nSPS) is 11.6. The number of fused-ring (bicyclic) bond motifs is 4. The van der Waals surface area contributed by atoms with Gasteiger partial charge in [-0.05, 0) is 34.9 Å². The molecular weight excluding hydrogens is 230 g/mol. The van der Waals surface area contributed by atoms with E-state index in [4.69, 9.17) is 0 Å². The molecule has 0 radical (unpaired) electrons. The highest BCUT2D eigenvalue weighted by Crippen LogP contribution is 2.33. The van der Waals surface area contributed by atoms with Crippen molar-refractivity contribution in [2.75, 3.05) is 0 Å². The second-order valence-corrected chi connectivity index (χ2v) is 5.02. The van der Waals surface area contributed by atoms with Crippen LogP contribution in [0.1, 0.15) is 12.5 Å². The summed E-state index contributed by atoms with van der Waals surface area (Å²) < 4.78 is 0. The summed E-state index contributed by atoms with van der Waals surface area (Å²) in [7, 11) is 0. The van der Waals surface area contributed by atoms with Gasteiger partial charge in [0.1, 0.15) is 0 Å². The molecule has 0 saturated carbocycles. The van der Waals surface area contributed by atoms with Gasteiger partial charge in [-0.1, -0.05) is 49.4 Å². The standard InChI is InChI=1S/C18H15N/c1-2-13-14-8-4-3-7-12(14)11-16-15-9-5-6-10-17(15)19-18(13)16/h3-11,19H,2H2,1H3. The summed E-state index contributed by atoms with van der Waals surface area (Å²) in [5.41, 5.74) is 3.94. The van der Waals surface area contributed by atoms with Crippen molar-refractivity contribution in [2.24, 2.45) is 0 Å². The Morgan fingerprint density at radius 1 is 0.842 bits per heavy atom. The average molecular weight is 245 g/mol. The van der Waals surface area contributed by atoms with Crippen molar-refractivity contribution in [1.82, 2.24) is 4.98 Å². The number of aromatic amines is 1. The molecule has 0 aliphatic rings.